The number of ether oxygens (including phenoxy) is 2. The second-order valence-corrected chi connectivity index (χ2v) is 8.23. The van der Waals surface area contributed by atoms with E-state index < -0.39 is 18.3 Å². The summed E-state index contributed by atoms with van der Waals surface area (Å²) in [6.45, 7) is -2.89. The smallest absolute Gasteiger partial charge is 0.387 e. The normalized spacial score (nSPS) is 11.3. The van der Waals surface area contributed by atoms with Gasteiger partial charge in [-0.15, -0.1) is 22.7 Å². The predicted octanol–water partition coefficient (Wildman–Crippen LogP) is 6.16. The number of hydrogen-bond donors (Lipinski definition) is 1. The Hall–Kier alpha value is -2.95. The molecule has 0 unspecified atom stereocenters. The minimum Gasteiger partial charge on any atom is -0.434 e. The molecule has 10 heteroatoms. The number of para-hydroxylation sites is 1. The zero-order chi connectivity index (χ0) is 22.0. The van der Waals surface area contributed by atoms with E-state index in [4.69, 9.17) is 4.74 Å². The van der Waals surface area contributed by atoms with Gasteiger partial charge in [-0.25, -0.2) is 9.37 Å². The first-order valence-electron chi connectivity index (χ1n) is 8.98. The number of thiazole rings is 1. The van der Waals surface area contributed by atoms with Gasteiger partial charge in [-0.05, 0) is 24.3 Å². The molecule has 2 aromatic heterocycles. The molecule has 0 bridgehead atoms. The number of methoxy groups -OCH3 is 1. The Morgan fingerprint density at radius 3 is 2.77 bits per heavy atom. The Morgan fingerprint density at radius 2 is 2.00 bits per heavy atom. The minimum atomic E-state index is -2.97. The third-order valence-electron chi connectivity index (χ3n) is 4.36. The molecule has 0 aliphatic carbocycles. The summed E-state index contributed by atoms with van der Waals surface area (Å²) in [5.41, 5.74) is 1.23. The van der Waals surface area contributed by atoms with Crippen molar-refractivity contribution >= 4 is 43.8 Å². The van der Waals surface area contributed by atoms with E-state index in [1.807, 2.05) is 0 Å². The fourth-order valence-corrected chi connectivity index (χ4v) is 4.94. The lowest BCUT2D eigenvalue weighted by Crippen LogP contribution is -2.12. The van der Waals surface area contributed by atoms with Gasteiger partial charge in [0.25, 0.3) is 5.91 Å². The monoisotopic (exact) mass is 464 g/mol. The standard InChI is InChI=1S/C21H15F3N2O3S2/c1-28-9-12-17-13(22)6-4-8-16(17)31-18(12)19(27)26-21-25-14(10-30-21)11-5-2-3-7-15(11)29-20(23)24/h2-8,10,20H,9H2,1H3,(H,25,26,27). The van der Waals surface area contributed by atoms with Gasteiger partial charge in [0.15, 0.2) is 5.13 Å². The average Bonchev–Trinajstić information content (AvgIpc) is 3.34. The van der Waals surface area contributed by atoms with Crippen LogP contribution in [0.1, 0.15) is 15.2 Å². The number of aromatic nitrogens is 1. The quantitative estimate of drug-likeness (QED) is 0.356. The van der Waals surface area contributed by atoms with Crippen LogP contribution in [-0.4, -0.2) is 24.6 Å². The molecule has 31 heavy (non-hydrogen) atoms. The molecule has 1 amide bonds. The van der Waals surface area contributed by atoms with Gasteiger partial charge in [-0.3, -0.25) is 10.1 Å². The van der Waals surface area contributed by atoms with Crippen molar-refractivity contribution in [2.24, 2.45) is 0 Å². The first-order valence-corrected chi connectivity index (χ1v) is 10.7. The Bertz CT molecular complexity index is 1240. The molecule has 4 aromatic rings. The van der Waals surface area contributed by atoms with Gasteiger partial charge in [-0.1, -0.05) is 18.2 Å². The highest BCUT2D eigenvalue weighted by Crippen LogP contribution is 2.36. The highest BCUT2D eigenvalue weighted by atomic mass is 32.1. The molecule has 5 nitrogen and oxygen atoms in total. The van der Waals surface area contributed by atoms with Crippen molar-refractivity contribution in [1.29, 1.82) is 0 Å². The predicted molar refractivity (Wildman–Crippen MR) is 115 cm³/mol. The van der Waals surface area contributed by atoms with Gasteiger partial charge in [0.2, 0.25) is 0 Å². The number of nitrogens with one attached hydrogen (secondary N) is 1. The topological polar surface area (TPSA) is 60.5 Å². The average molecular weight is 464 g/mol. The first kappa shape index (κ1) is 21.3. The number of anilines is 1. The van der Waals surface area contributed by atoms with Crippen LogP contribution >= 0.6 is 22.7 Å². The van der Waals surface area contributed by atoms with Crippen molar-refractivity contribution in [3.05, 3.63) is 64.1 Å². The number of amides is 1. The number of benzene rings is 2. The summed E-state index contributed by atoms with van der Waals surface area (Å²) in [4.78, 5) is 17.6. The van der Waals surface area contributed by atoms with Gasteiger partial charge < -0.3 is 9.47 Å². The van der Waals surface area contributed by atoms with E-state index in [-0.39, 0.29) is 17.5 Å². The van der Waals surface area contributed by atoms with Crippen LogP contribution in [0.15, 0.2) is 47.8 Å². The lowest BCUT2D eigenvalue weighted by molar-refractivity contribution is -0.0494. The maximum atomic E-state index is 14.3. The van der Waals surface area contributed by atoms with Crippen LogP contribution in [-0.2, 0) is 11.3 Å². The summed E-state index contributed by atoms with van der Waals surface area (Å²) in [6, 6.07) is 10.9. The third-order valence-corrected chi connectivity index (χ3v) is 6.32. The Balaban J connectivity index is 1.62. The van der Waals surface area contributed by atoms with Crippen LogP contribution in [0.5, 0.6) is 5.75 Å². The largest absolute Gasteiger partial charge is 0.434 e. The summed E-state index contributed by atoms with van der Waals surface area (Å²) < 4.78 is 50.0. The number of thiophene rings is 1. The summed E-state index contributed by atoms with van der Waals surface area (Å²) in [5.74, 6) is -0.888. The molecule has 0 spiro atoms. The third kappa shape index (κ3) is 4.41. The molecule has 0 saturated carbocycles. The molecule has 0 aliphatic heterocycles. The molecule has 0 aliphatic rings. The molecule has 2 aromatic carbocycles. The van der Waals surface area contributed by atoms with Crippen molar-refractivity contribution in [1.82, 2.24) is 4.98 Å². The lowest BCUT2D eigenvalue weighted by atomic mass is 10.1. The van der Waals surface area contributed by atoms with E-state index in [9.17, 15) is 18.0 Å². The van der Waals surface area contributed by atoms with E-state index >= 15 is 0 Å². The van der Waals surface area contributed by atoms with Crippen molar-refractivity contribution in [2.45, 2.75) is 13.2 Å². The fourth-order valence-electron chi connectivity index (χ4n) is 3.12. The number of alkyl halides is 2. The number of carbonyl (C=O) groups excluding carboxylic acids is 1. The van der Waals surface area contributed by atoms with Crippen molar-refractivity contribution in [2.75, 3.05) is 12.4 Å². The fraction of sp³-hybridized carbons (Fsp3) is 0.143. The van der Waals surface area contributed by atoms with E-state index in [1.54, 1.807) is 35.7 Å². The van der Waals surface area contributed by atoms with Crippen LogP contribution in [0.2, 0.25) is 0 Å². The van der Waals surface area contributed by atoms with Crippen molar-refractivity contribution in [3.8, 4) is 17.0 Å². The Morgan fingerprint density at radius 1 is 1.19 bits per heavy atom. The van der Waals surface area contributed by atoms with Crippen molar-refractivity contribution < 1.29 is 27.4 Å². The van der Waals surface area contributed by atoms with E-state index in [1.165, 1.54) is 19.2 Å². The number of fused-ring (bicyclic) bond motifs is 1. The Labute approximate surface area is 183 Å². The molecule has 0 fully saturated rings. The molecule has 1 N–H and O–H groups in total. The Kier molecular flexibility index (Phi) is 6.21. The van der Waals surface area contributed by atoms with Crippen LogP contribution in [0.3, 0.4) is 0 Å². The van der Waals surface area contributed by atoms with Crippen molar-refractivity contribution in [3.63, 3.8) is 0 Å². The van der Waals surface area contributed by atoms with Gasteiger partial charge >= 0.3 is 6.61 Å². The number of rotatable bonds is 7. The van der Waals surface area contributed by atoms with Gasteiger partial charge in [0, 0.05) is 33.7 Å². The molecule has 2 heterocycles. The summed E-state index contributed by atoms with van der Waals surface area (Å²) in [6.07, 6.45) is 0. The van der Waals surface area contributed by atoms with E-state index in [0.717, 1.165) is 22.7 Å². The molecule has 0 radical (unpaired) electrons. The molecule has 160 valence electrons. The lowest BCUT2D eigenvalue weighted by Gasteiger charge is -2.08. The van der Waals surface area contributed by atoms with Gasteiger partial charge in [-0.2, -0.15) is 8.78 Å². The van der Waals surface area contributed by atoms with Crippen LogP contribution in [0.4, 0.5) is 18.3 Å². The van der Waals surface area contributed by atoms with Crippen LogP contribution in [0, 0.1) is 5.82 Å². The summed E-state index contributed by atoms with van der Waals surface area (Å²) in [5, 5.41) is 4.96. The first-order chi connectivity index (χ1) is 15.0. The number of carbonyl (C=O) groups is 1. The zero-order valence-electron chi connectivity index (χ0n) is 16.0. The number of halogens is 3. The second-order valence-electron chi connectivity index (χ2n) is 6.32. The maximum Gasteiger partial charge on any atom is 0.387 e. The highest BCUT2D eigenvalue weighted by Gasteiger charge is 2.22. The second kappa shape index (κ2) is 9.04. The van der Waals surface area contributed by atoms with Gasteiger partial charge in [0.1, 0.15) is 11.6 Å². The van der Waals surface area contributed by atoms with Crippen LogP contribution < -0.4 is 10.1 Å². The molecular weight excluding hydrogens is 449 g/mol. The molecule has 4 rings (SSSR count). The summed E-state index contributed by atoms with van der Waals surface area (Å²) >= 11 is 2.30. The number of nitrogens with zero attached hydrogens (tertiary/aromatic N) is 1. The van der Waals surface area contributed by atoms with Gasteiger partial charge in [0.05, 0.1) is 17.2 Å². The molecule has 0 saturated heterocycles. The SMILES string of the molecule is COCc1c(C(=O)Nc2nc(-c3ccccc3OC(F)F)cs2)sc2cccc(F)c12. The molecular formula is C21H15F3N2O3S2. The van der Waals surface area contributed by atoms with Crippen LogP contribution in [0.25, 0.3) is 21.3 Å². The van der Waals surface area contributed by atoms with E-state index in [0.29, 0.717) is 31.8 Å². The minimum absolute atomic E-state index is 0.0111. The maximum absolute atomic E-state index is 14.3. The zero-order valence-corrected chi connectivity index (χ0v) is 17.7. The number of hydrogen-bond acceptors (Lipinski definition) is 6. The summed E-state index contributed by atoms with van der Waals surface area (Å²) in [7, 11) is 1.47. The highest BCUT2D eigenvalue weighted by molar-refractivity contribution is 7.21. The molecule has 0 atom stereocenters. The van der Waals surface area contributed by atoms with E-state index in [2.05, 4.69) is 15.0 Å².